The van der Waals surface area contributed by atoms with E-state index in [0.717, 1.165) is 25.0 Å². The molecule has 3 unspecified atom stereocenters. The van der Waals surface area contributed by atoms with Crippen LogP contribution in [0.3, 0.4) is 0 Å². The molecule has 2 heterocycles. The van der Waals surface area contributed by atoms with E-state index in [0.29, 0.717) is 12.2 Å². The molecule has 0 saturated carbocycles. The minimum absolute atomic E-state index is 0.449. The van der Waals surface area contributed by atoms with E-state index < -0.39 is 0 Å². The average molecular weight is 240 g/mol. The van der Waals surface area contributed by atoms with E-state index in [4.69, 9.17) is 4.74 Å². The Hall–Kier alpha value is -0.120. The largest absolute Gasteiger partial charge is 0.372 e. The molecule has 2 fully saturated rings. The first-order valence-electron chi connectivity index (χ1n) is 7.24. The molecule has 2 aliphatic heterocycles. The van der Waals surface area contributed by atoms with Crippen molar-refractivity contribution < 1.29 is 4.74 Å². The van der Waals surface area contributed by atoms with Crippen molar-refractivity contribution in [2.45, 2.75) is 57.8 Å². The van der Waals surface area contributed by atoms with E-state index in [1.54, 1.807) is 0 Å². The zero-order valence-corrected chi connectivity index (χ0v) is 11.6. The Morgan fingerprint density at radius 3 is 2.71 bits per heavy atom. The highest BCUT2D eigenvalue weighted by atomic mass is 16.5. The van der Waals surface area contributed by atoms with Gasteiger partial charge in [0.2, 0.25) is 0 Å². The third-order valence-electron chi connectivity index (χ3n) is 4.25. The Labute approximate surface area is 106 Å². The van der Waals surface area contributed by atoms with Gasteiger partial charge in [-0.25, -0.2) is 0 Å². The van der Waals surface area contributed by atoms with Crippen LogP contribution in [0.15, 0.2) is 0 Å². The molecule has 0 aromatic carbocycles. The number of nitrogens with one attached hydrogen (secondary N) is 1. The Morgan fingerprint density at radius 2 is 2.00 bits per heavy atom. The van der Waals surface area contributed by atoms with Gasteiger partial charge in [0.25, 0.3) is 0 Å². The highest BCUT2D eigenvalue weighted by Crippen LogP contribution is 2.27. The van der Waals surface area contributed by atoms with Gasteiger partial charge in [-0.3, -0.25) is 4.90 Å². The molecule has 100 valence electrons. The molecule has 2 rings (SSSR count). The fourth-order valence-electron chi connectivity index (χ4n) is 3.39. The van der Waals surface area contributed by atoms with Crippen LogP contribution in [0.1, 0.15) is 39.5 Å². The average Bonchev–Trinajstić information content (AvgIpc) is 2.89. The normalized spacial score (nSPS) is 34.9. The first-order valence-corrected chi connectivity index (χ1v) is 7.24. The molecule has 0 radical (unpaired) electrons. The maximum absolute atomic E-state index is 6.09. The molecule has 1 N–H and O–H groups in total. The van der Waals surface area contributed by atoms with E-state index in [1.807, 2.05) is 7.05 Å². The van der Waals surface area contributed by atoms with Crippen LogP contribution in [0.2, 0.25) is 0 Å². The zero-order chi connectivity index (χ0) is 12.3. The van der Waals surface area contributed by atoms with Crippen LogP contribution in [0, 0.1) is 5.92 Å². The maximum atomic E-state index is 6.09. The minimum atomic E-state index is 0.449. The lowest BCUT2D eigenvalue weighted by atomic mass is 10.0. The van der Waals surface area contributed by atoms with Crippen LogP contribution >= 0.6 is 0 Å². The Morgan fingerprint density at radius 1 is 1.24 bits per heavy atom. The first kappa shape index (κ1) is 13.3. The van der Waals surface area contributed by atoms with E-state index in [9.17, 15) is 0 Å². The second kappa shape index (κ2) is 6.17. The van der Waals surface area contributed by atoms with Crippen LogP contribution in [0.25, 0.3) is 0 Å². The molecule has 0 aliphatic carbocycles. The first-order chi connectivity index (χ1) is 8.20. The van der Waals surface area contributed by atoms with Gasteiger partial charge in [0, 0.05) is 19.1 Å². The molecule has 0 bridgehead atoms. The number of nitrogens with zero attached hydrogens (tertiary/aromatic N) is 1. The molecule has 0 aromatic rings. The van der Waals surface area contributed by atoms with Gasteiger partial charge >= 0.3 is 0 Å². The van der Waals surface area contributed by atoms with Gasteiger partial charge in [-0.05, 0) is 45.2 Å². The van der Waals surface area contributed by atoms with Crippen LogP contribution < -0.4 is 5.32 Å². The van der Waals surface area contributed by atoms with Gasteiger partial charge < -0.3 is 10.1 Å². The lowest BCUT2D eigenvalue weighted by molar-refractivity contribution is 0.0181. The smallest absolute Gasteiger partial charge is 0.0707 e. The van der Waals surface area contributed by atoms with Crippen molar-refractivity contribution in [3.05, 3.63) is 0 Å². The van der Waals surface area contributed by atoms with Crippen molar-refractivity contribution in [1.29, 1.82) is 0 Å². The number of ether oxygens (including phenoxy) is 1. The molecule has 2 aliphatic rings. The van der Waals surface area contributed by atoms with Crippen molar-refractivity contribution in [2.24, 2.45) is 5.92 Å². The number of likely N-dealkylation sites (tertiary alicyclic amines) is 1. The summed E-state index contributed by atoms with van der Waals surface area (Å²) >= 11 is 0. The lowest BCUT2D eigenvalue weighted by Crippen LogP contribution is -2.39. The van der Waals surface area contributed by atoms with Crippen LogP contribution in [0.4, 0.5) is 0 Å². The van der Waals surface area contributed by atoms with E-state index in [1.165, 1.54) is 32.2 Å². The minimum Gasteiger partial charge on any atom is -0.372 e. The molecule has 3 heteroatoms. The Bertz CT molecular complexity index is 232. The third kappa shape index (κ3) is 3.43. The summed E-state index contributed by atoms with van der Waals surface area (Å²) in [6, 6.07) is 0.793. The predicted octanol–water partition coefficient (Wildman–Crippen LogP) is 1.87. The molecular weight excluding hydrogens is 212 g/mol. The summed E-state index contributed by atoms with van der Waals surface area (Å²) in [6.45, 7) is 8.14. The fraction of sp³-hybridized carbons (Fsp3) is 1.00. The summed E-state index contributed by atoms with van der Waals surface area (Å²) in [7, 11) is 2.01. The van der Waals surface area contributed by atoms with Crippen LogP contribution in [-0.2, 0) is 4.74 Å². The Balaban J connectivity index is 1.77. The molecule has 3 atom stereocenters. The Kier molecular flexibility index (Phi) is 4.83. The van der Waals surface area contributed by atoms with E-state index >= 15 is 0 Å². The molecule has 0 spiro atoms. The van der Waals surface area contributed by atoms with Gasteiger partial charge in [-0.15, -0.1) is 0 Å². The number of hydrogen-bond donors (Lipinski definition) is 1. The monoisotopic (exact) mass is 240 g/mol. The highest BCUT2D eigenvalue weighted by molar-refractivity contribution is 4.85. The summed E-state index contributed by atoms with van der Waals surface area (Å²) in [6.07, 6.45) is 6.15. The third-order valence-corrected chi connectivity index (χ3v) is 4.25. The summed E-state index contributed by atoms with van der Waals surface area (Å²) < 4.78 is 6.09. The van der Waals surface area contributed by atoms with Gasteiger partial charge in [-0.1, -0.05) is 13.8 Å². The second-order valence-corrected chi connectivity index (χ2v) is 5.96. The van der Waals surface area contributed by atoms with Gasteiger partial charge in [0.1, 0.15) is 0 Å². The predicted molar refractivity (Wildman–Crippen MR) is 71.3 cm³/mol. The van der Waals surface area contributed by atoms with Gasteiger partial charge in [-0.2, -0.15) is 0 Å². The highest BCUT2D eigenvalue weighted by Gasteiger charge is 2.32. The SMILES string of the molecule is CNCC1CCC(CN2CCCC2C(C)C)O1. The van der Waals surface area contributed by atoms with Crippen LogP contribution in [0.5, 0.6) is 0 Å². The van der Waals surface area contributed by atoms with Crippen LogP contribution in [-0.4, -0.2) is 49.8 Å². The molecule has 2 saturated heterocycles. The zero-order valence-electron chi connectivity index (χ0n) is 11.6. The number of rotatable bonds is 5. The number of likely N-dealkylation sites (N-methyl/N-ethyl adjacent to an activating group) is 1. The summed E-state index contributed by atoms with van der Waals surface area (Å²) in [5.74, 6) is 0.784. The van der Waals surface area contributed by atoms with Gasteiger partial charge in [0.05, 0.1) is 12.2 Å². The summed E-state index contributed by atoms with van der Waals surface area (Å²) in [5, 5.41) is 3.21. The summed E-state index contributed by atoms with van der Waals surface area (Å²) in [5.41, 5.74) is 0. The molecule has 3 nitrogen and oxygen atoms in total. The van der Waals surface area contributed by atoms with Crippen molar-refractivity contribution in [3.8, 4) is 0 Å². The lowest BCUT2D eigenvalue weighted by Gasteiger charge is -2.29. The molecule has 0 amide bonds. The van der Waals surface area contributed by atoms with Crippen molar-refractivity contribution in [2.75, 3.05) is 26.7 Å². The quantitative estimate of drug-likeness (QED) is 0.794. The van der Waals surface area contributed by atoms with E-state index in [-0.39, 0.29) is 0 Å². The van der Waals surface area contributed by atoms with Crippen molar-refractivity contribution in [3.63, 3.8) is 0 Å². The topological polar surface area (TPSA) is 24.5 Å². The maximum Gasteiger partial charge on any atom is 0.0707 e. The number of hydrogen-bond acceptors (Lipinski definition) is 3. The summed E-state index contributed by atoms with van der Waals surface area (Å²) in [4.78, 5) is 2.66. The van der Waals surface area contributed by atoms with Crippen molar-refractivity contribution >= 4 is 0 Å². The van der Waals surface area contributed by atoms with Gasteiger partial charge in [0.15, 0.2) is 0 Å². The van der Waals surface area contributed by atoms with Crippen molar-refractivity contribution in [1.82, 2.24) is 10.2 Å². The molecular formula is C14H28N2O. The standard InChI is InChI=1S/C14H28N2O/c1-11(2)14-5-4-8-16(14)10-13-7-6-12(17-13)9-15-3/h11-15H,4-10H2,1-3H3. The second-order valence-electron chi connectivity index (χ2n) is 5.96. The molecule has 0 aromatic heterocycles. The molecule has 17 heavy (non-hydrogen) atoms. The fourth-order valence-corrected chi connectivity index (χ4v) is 3.39. The van der Waals surface area contributed by atoms with E-state index in [2.05, 4.69) is 24.1 Å².